The highest BCUT2D eigenvalue weighted by atomic mass is 19.1. The van der Waals surface area contributed by atoms with Gasteiger partial charge in [0.05, 0.1) is 20.1 Å². The fourth-order valence-corrected chi connectivity index (χ4v) is 4.49. The maximum Gasteiger partial charge on any atom is 0.303 e. The van der Waals surface area contributed by atoms with E-state index < -0.39 is 5.97 Å². The quantitative estimate of drug-likeness (QED) is 0.228. The summed E-state index contributed by atoms with van der Waals surface area (Å²) in [6.07, 6.45) is 5.28. The molecule has 1 aliphatic carbocycles. The van der Waals surface area contributed by atoms with E-state index in [0.717, 1.165) is 30.4 Å². The van der Waals surface area contributed by atoms with Gasteiger partial charge in [0.2, 0.25) is 0 Å². The Morgan fingerprint density at radius 3 is 2.59 bits per heavy atom. The minimum absolute atomic E-state index is 0.0100. The van der Waals surface area contributed by atoms with Gasteiger partial charge >= 0.3 is 5.97 Å². The zero-order valence-corrected chi connectivity index (χ0v) is 21.5. The first-order valence-corrected chi connectivity index (χ1v) is 13.0. The lowest BCUT2D eigenvalue weighted by molar-refractivity contribution is -0.137. The Bertz CT molecular complexity index is 1200. The molecule has 5 nitrogen and oxygen atoms in total. The van der Waals surface area contributed by atoms with Crippen LogP contribution in [0, 0.1) is 11.7 Å². The molecule has 0 heterocycles. The number of hydrogen-bond acceptors (Lipinski definition) is 4. The first-order valence-electron chi connectivity index (χ1n) is 13.0. The molecule has 37 heavy (non-hydrogen) atoms. The summed E-state index contributed by atoms with van der Waals surface area (Å²) in [5.41, 5.74) is 2.98. The fourth-order valence-electron chi connectivity index (χ4n) is 4.49. The molecule has 4 rings (SSSR count). The number of carboxylic acid groups (broad SMARTS) is 1. The van der Waals surface area contributed by atoms with Crippen molar-refractivity contribution in [3.8, 4) is 28.4 Å². The molecule has 0 aliphatic heterocycles. The number of unbranched alkanes of at least 4 members (excludes halogenated alkanes) is 1. The average Bonchev–Trinajstić information content (AvgIpc) is 3.72. The van der Waals surface area contributed by atoms with Crippen LogP contribution < -0.4 is 14.2 Å². The molecule has 1 N–H and O–H groups in total. The van der Waals surface area contributed by atoms with Crippen molar-refractivity contribution in [2.24, 2.45) is 5.92 Å². The average molecular weight is 507 g/mol. The van der Waals surface area contributed by atoms with Crippen LogP contribution in [-0.2, 0) is 11.4 Å². The molecule has 1 atom stereocenters. The summed E-state index contributed by atoms with van der Waals surface area (Å²) in [4.78, 5) is 11.4. The van der Waals surface area contributed by atoms with E-state index in [2.05, 4.69) is 6.92 Å². The fraction of sp³-hybridized carbons (Fsp3) is 0.387. The smallest absolute Gasteiger partial charge is 0.303 e. The van der Waals surface area contributed by atoms with Gasteiger partial charge in [0.15, 0.2) is 0 Å². The van der Waals surface area contributed by atoms with Crippen LogP contribution in [0.2, 0.25) is 0 Å². The van der Waals surface area contributed by atoms with Crippen molar-refractivity contribution in [2.45, 2.75) is 58.0 Å². The van der Waals surface area contributed by atoms with E-state index in [9.17, 15) is 14.3 Å². The number of carboxylic acids is 1. The normalized spacial score (nSPS) is 13.7. The number of methoxy groups -OCH3 is 1. The van der Waals surface area contributed by atoms with Gasteiger partial charge in [0, 0.05) is 11.1 Å². The molecule has 0 bridgehead atoms. The predicted molar refractivity (Wildman–Crippen MR) is 142 cm³/mol. The topological polar surface area (TPSA) is 65.0 Å². The van der Waals surface area contributed by atoms with E-state index in [1.807, 2.05) is 42.5 Å². The summed E-state index contributed by atoms with van der Waals surface area (Å²) in [5, 5.41) is 9.38. The van der Waals surface area contributed by atoms with Crippen LogP contribution in [0.3, 0.4) is 0 Å². The van der Waals surface area contributed by atoms with Crippen LogP contribution in [-0.4, -0.2) is 24.8 Å². The number of benzene rings is 3. The van der Waals surface area contributed by atoms with Gasteiger partial charge < -0.3 is 19.3 Å². The summed E-state index contributed by atoms with van der Waals surface area (Å²) >= 11 is 0. The first-order chi connectivity index (χ1) is 18.0. The molecule has 0 radical (unpaired) electrons. The van der Waals surface area contributed by atoms with E-state index in [0.29, 0.717) is 47.5 Å². The van der Waals surface area contributed by atoms with Crippen molar-refractivity contribution in [3.05, 3.63) is 77.6 Å². The highest BCUT2D eigenvalue weighted by molar-refractivity contribution is 5.72. The molecule has 6 heteroatoms. The van der Waals surface area contributed by atoms with Gasteiger partial charge in [-0.05, 0) is 72.2 Å². The Kier molecular flexibility index (Phi) is 9.04. The molecule has 1 fully saturated rings. The zero-order valence-electron chi connectivity index (χ0n) is 21.5. The van der Waals surface area contributed by atoms with E-state index >= 15 is 0 Å². The van der Waals surface area contributed by atoms with Crippen molar-refractivity contribution in [1.82, 2.24) is 0 Å². The second kappa shape index (κ2) is 12.6. The number of rotatable bonds is 14. The largest absolute Gasteiger partial charge is 0.497 e. The highest BCUT2D eigenvalue weighted by Crippen LogP contribution is 2.41. The number of hydrogen-bond donors (Lipinski definition) is 1. The van der Waals surface area contributed by atoms with Gasteiger partial charge in [0.25, 0.3) is 0 Å². The molecule has 0 amide bonds. The van der Waals surface area contributed by atoms with Gasteiger partial charge in [-0.2, -0.15) is 0 Å². The van der Waals surface area contributed by atoms with Crippen molar-refractivity contribution >= 4 is 5.97 Å². The van der Waals surface area contributed by atoms with Gasteiger partial charge in [0.1, 0.15) is 29.7 Å². The molecule has 1 aliphatic rings. The van der Waals surface area contributed by atoms with Crippen LogP contribution in [0.15, 0.2) is 60.7 Å². The van der Waals surface area contributed by atoms with Gasteiger partial charge in [-0.25, -0.2) is 4.39 Å². The van der Waals surface area contributed by atoms with Crippen molar-refractivity contribution < 1.29 is 28.5 Å². The van der Waals surface area contributed by atoms with Crippen molar-refractivity contribution in [2.75, 3.05) is 13.7 Å². The minimum atomic E-state index is -0.778. The van der Waals surface area contributed by atoms with Gasteiger partial charge in [-0.15, -0.1) is 0 Å². The lowest BCUT2D eigenvalue weighted by Gasteiger charge is -2.17. The molecule has 3 aromatic rings. The zero-order chi connectivity index (χ0) is 26.2. The number of halogens is 1. The summed E-state index contributed by atoms with van der Waals surface area (Å²) < 4.78 is 32.2. The Balaban J connectivity index is 1.52. The van der Waals surface area contributed by atoms with E-state index in [4.69, 9.17) is 14.2 Å². The summed E-state index contributed by atoms with van der Waals surface area (Å²) in [7, 11) is 1.56. The summed E-state index contributed by atoms with van der Waals surface area (Å²) in [5.74, 6) is 1.37. The predicted octanol–water partition coefficient (Wildman–Crippen LogP) is 7.62. The minimum Gasteiger partial charge on any atom is -0.497 e. The number of carbonyl (C=O) groups is 1. The van der Waals surface area contributed by atoms with Crippen LogP contribution in [0.1, 0.15) is 62.5 Å². The molecular weight excluding hydrogens is 471 g/mol. The maximum absolute atomic E-state index is 14.7. The molecule has 0 aromatic heterocycles. The molecule has 0 unspecified atom stereocenters. The molecule has 1 saturated carbocycles. The first kappa shape index (κ1) is 26.5. The summed E-state index contributed by atoms with van der Waals surface area (Å²) in [6, 6.07) is 18.1. The highest BCUT2D eigenvalue weighted by Gasteiger charge is 2.27. The third-order valence-electron chi connectivity index (χ3n) is 6.74. The Hall–Kier alpha value is -3.54. The summed E-state index contributed by atoms with van der Waals surface area (Å²) in [6.45, 7) is 2.93. The van der Waals surface area contributed by atoms with E-state index in [-0.39, 0.29) is 18.2 Å². The van der Waals surface area contributed by atoms with Crippen LogP contribution in [0.5, 0.6) is 17.2 Å². The SMILES string of the molecule is CCCCOc1cc(COc2cccc([C@@H](CC(=O)O)CC3CC3)c2)ccc1-c1cc(OC)ccc1F. The number of aliphatic carboxylic acids is 1. The third-order valence-corrected chi connectivity index (χ3v) is 6.74. The van der Waals surface area contributed by atoms with Crippen LogP contribution in [0.4, 0.5) is 4.39 Å². The number of ether oxygens (including phenoxy) is 3. The van der Waals surface area contributed by atoms with Crippen LogP contribution >= 0.6 is 0 Å². The molecule has 0 spiro atoms. The van der Waals surface area contributed by atoms with Gasteiger partial charge in [-0.1, -0.05) is 50.5 Å². The molecule has 3 aromatic carbocycles. The van der Waals surface area contributed by atoms with Crippen LogP contribution in [0.25, 0.3) is 11.1 Å². The van der Waals surface area contributed by atoms with E-state index in [1.165, 1.54) is 18.9 Å². The second-order valence-corrected chi connectivity index (χ2v) is 9.71. The Morgan fingerprint density at radius 1 is 1.03 bits per heavy atom. The van der Waals surface area contributed by atoms with Crippen molar-refractivity contribution in [3.63, 3.8) is 0 Å². The molecular formula is C31H35FO5. The third kappa shape index (κ3) is 7.48. The molecule has 0 saturated heterocycles. The van der Waals surface area contributed by atoms with Gasteiger partial charge in [-0.3, -0.25) is 4.79 Å². The Morgan fingerprint density at radius 2 is 1.86 bits per heavy atom. The second-order valence-electron chi connectivity index (χ2n) is 9.71. The van der Waals surface area contributed by atoms with E-state index in [1.54, 1.807) is 19.2 Å². The molecule has 196 valence electrons. The standard InChI is InChI=1S/C31H35FO5/c1-3-4-14-36-30-16-22(10-12-27(30)28-19-25(35-2)11-13-29(28)32)20-37-26-7-5-6-23(17-26)24(18-31(33)34)15-21-8-9-21/h5-7,10-13,16-17,19,21,24H,3-4,8-9,14-15,18,20H2,1-2H3,(H,33,34)/t24-/m1/s1. The lowest BCUT2D eigenvalue weighted by Crippen LogP contribution is -2.08. The monoisotopic (exact) mass is 506 g/mol. The van der Waals surface area contributed by atoms with Crippen molar-refractivity contribution in [1.29, 1.82) is 0 Å². The maximum atomic E-state index is 14.7. The lowest BCUT2D eigenvalue weighted by atomic mass is 9.90. The Labute approximate surface area is 218 Å².